The number of halogens is 2. The van der Waals surface area contributed by atoms with Crippen LogP contribution in [0.5, 0.6) is 0 Å². The van der Waals surface area contributed by atoms with E-state index in [9.17, 15) is 23.2 Å². The number of nitrogens with one attached hydrogen (secondary N) is 3. The lowest BCUT2D eigenvalue weighted by Gasteiger charge is -2.23. The summed E-state index contributed by atoms with van der Waals surface area (Å²) in [6.07, 6.45) is 1.64. The fourth-order valence-corrected chi connectivity index (χ4v) is 3.71. The van der Waals surface area contributed by atoms with Crippen molar-refractivity contribution in [3.05, 3.63) is 45.8 Å². The van der Waals surface area contributed by atoms with Crippen molar-refractivity contribution < 1.29 is 18.4 Å². The lowest BCUT2D eigenvalue weighted by Crippen LogP contribution is -2.36. The fourth-order valence-electron chi connectivity index (χ4n) is 2.77. The third-order valence-corrected chi connectivity index (χ3v) is 5.13. The molecule has 3 N–H and O–H groups in total. The van der Waals surface area contributed by atoms with E-state index in [1.807, 2.05) is 6.92 Å². The maximum absolute atomic E-state index is 13.8. The van der Waals surface area contributed by atoms with Crippen LogP contribution in [0.2, 0.25) is 0 Å². The van der Waals surface area contributed by atoms with Crippen molar-refractivity contribution in [2.24, 2.45) is 0 Å². The Hall–Kier alpha value is -2.75. The number of rotatable bonds is 6. The number of H-pyrrole nitrogens is 1. The molecule has 148 valence electrons. The molecule has 1 aliphatic heterocycles. The third-order valence-electron chi connectivity index (χ3n) is 4.17. The van der Waals surface area contributed by atoms with E-state index in [1.54, 1.807) is 0 Å². The van der Waals surface area contributed by atoms with Gasteiger partial charge < -0.3 is 15.6 Å². The number of nitrogens with zero attached hydrogens (tertiary/aromatic N) is 1. The Labute approximate surface area is 163 Å². The van der Waals surface area contributed by atoms with Crippen molar-refractivity contribution in [2.45, 2.75) is 37.3 Å². The maximum Gasteiger partial charge on any atom is 0.257 e. The van der Waals surface area contributed by atoms with Crippen LogP contribution in [-0.2, 0) is 9.59 Å². The number of hydrogen-bond acceptors (Lipinski definition) is 5. The van der Waals surface area contributed by atoms with E-state index in [-0.39, 0.29) is 23.5 Å². The van der Waals surface area contributed by atoms with Gasteiger partial charge in [-0.05, 0) is 18.6 Å². The lowest BCUT2D eigenvalue weighted by molar-refractivity contribution is -0.123. The SMILES string of the molecule is CCCCSc1nc2c(c(=O)[nH]1)[C@H](C(=O)Nc1ccc(F)cc1F)CC(=O)N2. The number of carbonyl (C=O) groups is 2. The fraction of sp³-hybridized carbons (Fsp3) is 0.333. The van der Waals surface area contributed by atoms with Gasteiger partial charge >= 0.3 is 0 Å². The molecule has 0 fully saturated rings. The highest BCUT2D eigenvalue weighted by atomic mass is 32.2. The number of aromatic amines is 1. The second-order valence-electron chi connectivity index (χ2n) is 6.25. The summed E-state index contributed by atoms with van der Waals surface area (Å²) in [5.74, 6) is -3.33. The summed E-state index contributed by atoms with van der Waals surface area (Å²) in [5.41, 5.74) is -0.766. The summed E-state index contributed by atoms with van der Waals surface area (Å²) in [5, 5.41) is 5.17. The zero-order valence-electron chi connectivity index (χ0n) is 15.0. The summed E-state index contributed by atoms with van der Waals surface area (Å²) in [4.78, 5) is 44.0. The van der Waals surface area contributed by atoms with Gasteiger partial charge in [-0.25, -0.2) is 13.8 Å². The monoisotopic (exact) mass is 408 g/mol. The second-order valence-corrected chi connectivity index (χ2v) is 7.34. The number of carbonyl (C=O) groups excluding carboxylic acids is 2. The standard InChI is InChI=1S/C18H18F2N4O3S/c1-2-3-6-28-18-23-15-14(17(27)24-18)10(8-13(25)22-15)16(26)21-12-5-4-9(19)7-11(12)20/h4-5,7,10H,2-3,6,8H2,1H3,(H,21,26)(H2,22,23,24,25,27)/t10-/m1/s1. The van der Waals surface area contributed by atoms with Crippen LogP contribution in [0.1, 0.15) is 37.7 Å². The Morgan fingerprint density at radius 2 is 2.14 bits per heavy atom. The summed E-state index contributed by atoms with van der Waals surface area (Å²) in [6.45, 7) is 2.04. The number of fused-ring (bicyclic) bond motifs is 1. The normalized spacial score (nSPS) is 15.7. The van der Waals surface area contributed by atoms with Crippen LogP contribution < -0.4 is 16.2 Å². The predicted octanol–water partition coefficient (Wildman–Crippen LogP) is 3.00. The Kier molecular flexibility index (Phi) is 6.08. The molecule has 2 amide bonds. The molecule has 0 saturated heterocycles. The molecule has 2 heterocycles. The van der Waals surface area contributed by atoms with Crippen molar-refractivity contribution in [3.8, 4) is 0 Å². The Bertz CT molecular complexity index is 980. The first-order valence-electron chi connectivity index (χ1n) is 8.71. The van der Waals surface area contributed by atoms with Gasteiger partial charge in [-0.1, -0.05) is 25.1 Å². The van der Waals surface area contributed by atoms with Crippen LogP contribution in [0.15, 0.2) is 28.2 Å². The smallest absolute Gasteiger partial charge is 0.257 e. The Balaban J connectivity index is 1.88. The molecular weight excluding hydrogens is 390 g/mol. The number of aromatic nitrogens is 2. The van der Waals surface area contributed by atoms with Gasteiger partial charge in [-0.3, -0.25) is 14.4 Å². The Morgan fingerprint density at radius 1 is 1.36 bits per heavy atom. The first-order chi connectivity index (χ1) is 13.4. The topological polar surface area (TPSA) is 104 Å². The van der Waals surface area contributed by atoms with E-state index in [0.29, 0.717) is 11.2 Å². The molecule has 1 aromatic heterocycles. The molecule has 7 nitrogen and oxygen atoms in total. The molecule has 0 aliphatic carbocycles. The first kappa shape index (κ1) is 20.0. The van der Waals surface area contributed by atoms with Crippen molar-refractivity contribution in [1.29, 1.82) is 0 Å². The van der Waals surface area contributed by atoms with Crippen LogP contribution in [0, 0.1) is 11.6 Å². The highest BCUT2D eigenvalue weighted by Gasteiger charge is 2.35. The van der Waals surface area contributed by atoms with Gasteiger partial charge in [-0.15, -0.1) is 0 Å². The lowest BCUT2D eigenvalue weighted by atomic mass is 9.92. The van der Waals surface area contributed by atoms with Gasteiger partial charge in [0.1, 0.15) is 17.5 Å². The molecule has 1 aliphatic rings. The number of unbranched alkanes of at least 4 members (excludes halogenated alkanes) is 1. The van der Waals surface area contributed by atoms with E-state index >= 15 is 0 Å². The minimum atomic E-state index is -1.14. The summed E-state index contributed by atoms with van der Waals surface area (Å²) >= 11 is 1.35. The van der Waals surface area contributed by atoms with Gasteiger partial charge in [0.15, 0.2) is 5.16 Å². The molecule has 3 rings (SSSR count). The molecule has 1 atom stereocenters. The van der Waals surface area contributed by atoms with E-state index in [1.165, 1.54) is 11.8 Å². The minimum Gasteiger partial charge on any atom is -0.323 e. The summed E-state index contributed by atoms with van der Waals surface area (Å²) < 4.78 is 26.8. The second kappa shape index (κ2) is 8.51. The van der Waals surface area contributed by atoms with E-state index in [2.05, 4.69) is 20.6 Å². The van der Waals surface area contributed by atoms with Crippen LogP contribution in [0.3, 0.4) is 0 Å². The van der Waals surface area contributed by atoms with E-state index < -0.39 is 34.9 Å². The van der Waals surface area contributed by atoms with Crippen LogP contribution in [0.25, 0.3) is 0 Å². The zero-order chi connectivity index (χ0) is 20.3. The van der Waals surface area contributed by atoms with Crippen molar-refractivity contribution in [3.63, 3.8) is 0 Å². The average molecular weight is 408 g/mol. The van der Waals surface area contributed by atoms with Crippen LogP contribution >= 0.6 is 11.8 Å². The molecule has 0 radical (unpaired) electrons. The van der Waals surface area contributed by atoms with E-state index in [0.717, 1.165) is 30.7 Å². The number of thioether (sulfide) groups is 1. The molecule has 1 aromatic carbocycles. The van der Waals surface area contributed by atoms with Crippen LogP contribution in [0.4, 0.5) is 20.3 Å². The van der Waals surface area contributed by atoms with Gasteiger partial charge in [0.05, 0.1) is 17.2 Å². The quantitative estimate of drug-likeness (QED) is 0.387. The van der Waals surface area contributed by atoms with Crippen molar-refractivity contribution in [1.82, 2.24) is 9.97 Å². The highest BCUT2D eigenvalue weighted by Crippen LogP contribution is 2.30. The largest absolute Gasteiger partial charge is 0.323 e. The molecule has 2 aromatic rings. The van der Waals surface area contributed by atoms with E-state index in [4.69, 9.17) is 0 Å². The van der Waals surface area contributed by atoms with Crippen LogP contribution in [-0.4, -0.2) is 27.5 Å². The number of benzene rings is 1. The first-order valence-corrected chi connectivity index (χ1v) is 9.70. The Morgan fingerprint density at radius 3 is 2.86 bits per heavy atom. The van der Waals surface area contributed by atoms with Gasteiger partial charge in [0.2, 0.25) is 11.8 Å². The van der Waals surface area contributed by atoms with Gasteiger partial charge in [-0.2, -0.15) is 0 Å². The molecule has 10 heteroatoms. The third kappa shape index (κ3) is 4.38. The van der Waals surface area contributed by atoms with Gasteiger partial charge in [0.25, 0.3) is 5.56 Å². The molecule has 0 bridgehead atoms. The summed E-state index contributed by atoms with van der Waals surface area (Å²) in [7, 11) is 0. The zero-order valence-corrected chi connectivity index (χ0v) is 15.8. The molecule has 0 spiro atoms. The van der Waals surface area contributed by atoms with Crippen molar-refractivity contribution in [2.75, 3.05) is 16.4 Å². The average Bonchev–Trinajstić information content (AvgIpc) is 2.63. The minimum absolute atomic E-state index is 0.0134. The maximum atomic E-state index is 13.8. The van der Waals surface area contributed by atoms with Gasteiger partial charge in [0, 0.05) is 18.2 Å². The summed E-state index contributed by atoms with van der Waals surface area (Å²) in [6, 6.07) is 2.70. The number of hydrogen-bond donors (Lipinski definition) is 3. The molecule has 0 unspecified atom stereocenters. The molecule has 28 heavy (non-hydrogen) atoms. The number of anilines is 2. The van der Waals surface area contributed by atoms with Crippen molar-refractivity contribution >= 4 is 35.1 Å². The number of amides is 2. The predicted molar refractivity (Wildman–Crippen MR) is 101 cm³/mol. The highest BCUT2D eigenvalue weighted by molar-refractivity contribution is 7.99. The molecule has 0 saturated carbocycles. The molecular formula is C18H18F2N4O3S.